The Kier molecular flexibility index (Phi) is 4.54. The van der Waals surface area contributed by atoms with Gasteiger partial charge in [-0.25, -0.2) is 9.36 Å². The van der Waals surface area contributed by atoms with Crippen molar-refractivity contribution in [2.45, 2.75) is 24.5 Å². The molecule has 0 saturated carbocycles. The molecule has 1 aliphatic rings. The van der Waals surface area contributed by atoms with E-state index in [-0.39, 0.29) is 5.82 Å². The molecule has 0 spiro atoms. The van der Waals surface area contributed by atoms with Gasteiger partial charge in [-0.05, 0) is 0 Å². The van der Waals surface area contributed by atoms with Crippen LogP contribution >= 0.6 is 7.82 Å². The first-order valence-electron chi connectivity index (χ1n) is 5.93. The minimum absolute atomic E-state index is 0.318. The Bertz CT molecular complexity index is 709. The lowest BCUT2D eigenvalue weighted by Gasteiger charge is -2.18. The van der Waals surface area contributed by atoms with Crippen molar-refractivity contribution >= 4 is 13.6 Å². The van der Waals surface area contributed by atoms with E-state index in [4.69, 9.17) is 20.3 Å². The molecule has 0 aromatic carbocycles. The Morgan fingerprint density at radius 1 is 1.36 bits per heavy atom. The van der Waals surface area contributed by atoms with Gasteiger partial charge in [-0.15, -0.1) is 0 Å². The molecule has 1 aliphatic heterocycles. The molecule has 0 unspecified atom stereocenters. The van der Waals surface area contributed by atoms with Crippen LogP contribution in [0, 0.1) is 0 Å². The number of nitrogen functional groups attached to an aromatic ring is 1. The fraction of sp³-hybridized carbons (Fsp3) is 0.556. The second kappa shape index (κ2) is 5.93. The predicted octanol–water partition coefficient (Wildman–Crippen LogP) is -3.15. The quantitative estimate of drug-likeness (QED) is 0.304. The summed E-state index contributed by atoms with van der Waals surface area (Å²) in [5.74, 6) is -0.318. The summed E-state index contributed by atoms with van der Waals surface area (Å²) in [6.45, 7) is -0.725. The van der Waals surface area contributed by atoms with Gasteiger partial charge in [0.05, 0.1) is 6.61 Å². The van der Waals surface area contributed by atoms with Gasteiger partial charge < -0.3 is 30.5 Å². The summed E-state index contributed by atoms with van der Waals surface area (Å²) in [5, 5.41) is 19.7. The third kappa shape index (κ3) is 3.44. The van der Waals surface area contributed by atoms with Crippen LogP contribution in [-0.4, -0.2) is 54.5 Å². The molecule has 124 valence electrons. The first kappa shape index (κ1) is 16.8. The van der Waals surface area contributed by atoms with E-state index in [1.165, 1.54) is 0 Å². The first-order chi connectivity index (χ1) is 10.1. The highest BCUT2D eigenvalue weighted by molar-refractivity contribution is 7.46. The van der Waals surface area contributed by atoms with E-state index in [2.05, 4.69) is 4.52 Å². The number of rotatable bonds is 4. The van der Waals surface area contributed by atoms with Crippen molar-refractivity contribution in [1.82, 2.24) is 9.55 Å². The molecule has 0 aliphatic carbocycles. The minimum Gasteiger partial charge on any atom is -0.387 e. The van der Waals surface area contributed by atoms with Crippen LogP contribution in [0.3, 0.4) is 0 Å². The van der Waals surface area contributed by atoms with E-state index in [0.717, 1.165) is 6.07 Å². The van der Waals surface area contributed by atoms with Crippen molar-refractivity contribution < 1.29 is 33.8 Å². The summed E-state index contributed by atoms with van der Waals surface area (Å²) in [6.07, 6.45) is -5.98. The average molecular weight is 339 g/mol. The second-order valence-corrected chi connectivity index (χ2v) is 5.81. The molecule has 2 heterocycles. The summed E-state index contributed by atoms with van der Waals surface area (Å²) < 4.78 is 20.7. The summed E-state index contributed by atoms with van der Waals surface area (Å²) in [4.78, 5) is 41.9. The van der Waals surface area contributed by atoms with Gasteiger partial charge in [-0.2, -0.15) is 0 Å². The number of nitrogens with two attached hydrogens (primary N) is 1. The van der Waals surface area contributed by atoms with E-state index < -0.39 is 50.2 Å². The largest absolute Gasteiger partial charge is 0.469 e. The van der Waals surface area contributed by atoms with E-state index in [9.17, 15) is 24.4 Å². The molecule has 2 rings (SSSR count). The molecule has 1 aromatic heterocycles. The Morgan fingerprint density at radius 2 is 2.00 bits per heavy atom. The van der Waals surface area contributed by atoms with Crippen LogP contribution in [0.2, 0.25) is 0 Å². The van der Waals surface area contributed by atoms with Gasteiger partial charge in [0.1, 0.15) is 24.1 Å². The smallest absolute Gasteiger partial charge is 0.387 e. The molecule has 0 radical (unpaired) electrons. The van der Waals surface area contributed by atoms with Gasteiger partial charge >= 0.3 is 13.5 Å². The van der Waals surface area contributed by atoms with Crippen LogP contribution in [-0.2, 0) is 13.8 Å². The number of phosphoric acid groups is 1. The maximum Gasteiger partial charge on any atom is 0.469 e. The highest BCUT2D eigenvalue weighted by atomic mass is 31.2. The van der Waals surface area contributed by atoms with Crippen molar-refractivity contribution in [2.24, 2.45) is 0 Å². The van der Waals surface area contributed by atoms with Crippen LogP contribution in [0.15, 0.2) is 15.7 Å². The SMILES string of the molecule is Nc1cc(=O)[nH]c(=O)n1[C@@H]1O[C@H](COP(=O)(O)O)[C@@H](O)[C@H]1O. The van der Waals surface area contributed by atoms with Crippen molar-refractivity contribution in [1.29, 1.82) is 0 Å². The normalized spacial score (nSPS) is 28.9. The van der Waals surface area contributed by atoms with Crippen molar-refractivity contribution in [3.05, 3.63) is 26.9 Å². The van der Waals surface area contributed by atoms with Crippen LogP contribution in [0.4, 0.5) is 5.82 Å². The summed E-state index contributed by atoms with van der Waals surface area (Å²) >= 11 is 0. The Morgan fingerprint density at radius 3 is 2.55 bits per heavy atom. The minimum atomic E-state index is -4.80. The number of hydrogen-bond acceptors (Lipinski definition) is 8. The lowest BCUT2D eigenvalue weighted by molar-refractivity contribution is -0.0531. The number of hydrogen-bond donors (Lipinski definition) is 6. The standard InChI is InChI=1S/C9H14N3O9P/c10-4-1-5(13)11-9(16)12(4)8-7(15)6(14)3(21-8)2-20-22(17,18)19/h1,3,6-8,14-15H,2,10H2,(H,11,13,16)(H2,17,18,19)/t3-,6-,7-,8-/m1/s1. The molecular weight excluding hydrogens is 325 g/mol. The Balaban J connectivity index is 2.26. The van der Waals surface area contributed by atoms with Gasteiger partial charge in [0, 0.05) is 6.07 Å². The monoisotopic (exact) mass is 339 g/mol. The predicted molar refractivity (Wildman–Crippen MR) is 69.7 cm³/mol. The Hall–Kier alpha value is -1.53. The van der Waals surface area contributed by atoms with Crippen LogP contribution in [0.25, 0.3) is 0 Å². The number of aromatic amines is 1. The van der Waals surface area contributed by atoms with E-state index in [1.54, 1.807) is 0 Å². The molecule has 0 bridgehead atoms. The Labute approximate surface area is 122 Å². The number of ether oxygens (including phenoxy) is 1. The molecular formula is C9H14N3O9P. The number of aliphatic hydroxyl groups is 2. The fourth-order valence-electron chi connectivity index (χ4n) is 2.04. The number of phosphoric ester groups is 1. The highest BCUT2D eigenvalue weighted by Gasteiger charge is 2.45. The molecule has 7 N–H and O–H groups in total. The van der Waals surface area contributed by atoms with Gasteiger partial charge in [-0.1, -0.05) is 0 Å². The number of aliphatic hydroxyl groups excluding tert-OH is 2. The number of aromatic nitrogens is 2. The van der Waals surface area contributed by atoms with Gasteiger partial charge in [-0.3, -0.25) is 18.9 Å². The second-order valence-electron chi connectivity index (χ2n) is 4.57. The van der Waals surface area contributed by atoms with Gasteiger partial charge in [0.15, 0.2) is 6.23 Å². The zero-order chi connectivity index (χ0) is 16.7. The fourth-order valence-corrected chi connectivity index (χ4v) is 2.38. The molecule has 1 aromatic rings. The summed E-state index contributed by atoms with van der Waals surface area (Å²) in [5.41, 5.74) is 3.78. The maximum atomic E-state index is 11.7. The van der Waals surface area contributed by atoms with Crippen LogP contribution < -0.4 is 17.0 Å². The molecule has 1 saturated heterocycles. The van der Waals surface area contributed by atoms with E-state index in [1.807, 2.05) is 4.98 Å². The lowest BCUT2D eigenvalue weighted by atomic mass is 10.1. The van der Waals surface area contributed by atoms with Gasteiger partial charge in [0.25, 0.3) is 5.56 Å². The maximum absolute atomic E-state index is 11.7. The van der Waals surface area contributed by atoms with E-state index >= 15 is 0 Å². The summed E-state index contributed by atoms with van der Waals surface area (Å²) in [6, 6.07) is 0.878. The molecule has 22 heavy (non-hydrogen) atoms. The topological polar surface area (TPSA) is 197 Å². The zero-order valence-corrected chi connectivity index (χ0v) is 11.8. The van der Waals surface area contributed by atoms with Crippen LogP contribution in [0.5, 0.6) is 0 Å². The third-order valence-corrected chi connectivity index (χ3v) is 3.49. The zero-order valence-electron chi connectivity index (χ0n) is 10.9. The van der Waals surface area contributed by atoms with Gasteiger partial charge in [0.2, 0.25) is 0 Å². The molecule has 4 atom stereocenters. The number of H-pyrrole nitrogens is 1. The number of anilines is 1. The van der Waals surface area contributed by atoms with Crippen molar-refractivity contribution in [3.8, 4) is 0 Å². The number of nitrogens with zero attached hydrogens (tertiary/aromatic N) is 1. The summed E-state index contributed by atoms with van der Waals surface area (Å²) in [7, 11) is -4.80. The van der Waals surface area contributed by atoms with E-state index in [0.29, 0.717) is 4.57 Å². The molecule has 0 amide bonds. The van der Waals surface area contributed by atoms with Crippen molar-refractivity contribution in [2.75, 3.05) is 12.3 Å². The van der Waals surface area contributed by atoms with Crippen molar-refractivity contribution in [3.63, 3.8) is 0 Å². The molecule has 12 nitrogen and oxygen atoms in total. The third-order valence-electron chi connectivity index (χ3n) is 3.00. The number of nitrogens with one attached hydrogen (secondary N) is 1. The lowest BCUT2D eigenvalue weighted by Crippen LogP contribution is -2.39. The first-order valence-corrected chi connectivity index (χ1v) is 7.46. The molecule has 13 heteroatoms. The average Bonchev–Trinajstić information content (AvgIpc) is 2.63. The highest BCUT2D eigenvalue weighted by Crippen LogP contribution is 2.38. The van der Waals surface area contributed by atoms with Crippen LogP contribution in [0.1, 0.15) is 6.23 Å². The molecule has 1 fully saturated rings.